The third-order valence-corrected chi connectivity index (χ3v) is 5.40. The maximum absolute atomic E-state index is 12.4. The number of aromatic nitrogens is 3. The first-order chi connectivity index (χ1) is 13.6. The highest BCUT2D eigenvalue weighted by molar-refractivity contribution is 5.84. The predicted molar refractivity (Wildman–Crippen MR) is 97.6 cm³/mol. The third kappa shape index (κ3) is 3.64. The van der Waals surface area contributed by atoms with E-state index in [1.54, 1.807) is 0 Å². The van der Waals surface area contributed by atoms with Crippen LogP contribution in [0.1, 0.15) is 41.7 Å². The molecule has 0 atom stereocenters. The van der Waals surface area contributed by atoms with E-state index in [9.17, 15) is 9.59 Å². The number of nitrogens with zero attached hydrogens (tertiary/aromatic N) is 3. The van der Waals surface area contributed by atoms with Crippen molar-refractivity contribution in [3.8, 4) is 11.5 Å². The SMILES string of the molecule is O=C(Cn1cc(C(=O)O)nn1)NCC1(c2ccc3c(c2)OCCO3)CCCC1. The third-order valence-electron chi connectivity index (χ3n) is 5.40. The zero-order valence-corrected chi connectivity index (χ0v) is 15.4. The lowest BCUT2D eigenvalue weighted by Gasteiger charge is -2.31. The standard InChI is InChI=1S/C19H22N4O5/c24-17(11-23-10-14(18(25)26)21-22-23)20-12-19(5-1-2-6-19)13-3-4-15-16(9-13)28-8-7-27-15/h3-4,9-10H,1-2,5-8,11-12H2,(H,20,24)(H,25,26). The van der Waals surface area contributed by atoms with Crippen LogP contribution < -0.4 is 14.8 Å². The summed E-state index contributed by atoms with van der Waals surface area (Å²) in [6.45, 7) is 1.53. The average Bonchev–Trinajstić information content (AvgIpc) is 3.36. The molecule has 2 heterocycles. The van der Waals surface area contributed by atoms with Gasteiger partial charge in [-0.3, -0.25) is 4.79 Å². The summed E-state index contributed by atoms with van der Waals surface area (Å²) >= 11 is 0. The van der Waals surface area contributed by atoms with Crippen LogP contribution in [0.3, 0.4) is 0 Å². The number of carboxylic acids is 1. The normalized spacial score (nSPS) is 17.3. The number of ether oxygens (including phenoxy) is 2. The molecule has 1 aromatic heterocycles. The van der Waals surface area contributed by atoms with Crippen molar-refractivity contribution in [2.75, 3.05) is 19.8 Å². The number of carbonyl (C=O) groups excluding carboxylic acids is 1. The topological polar surface area (TPSA) is 116 Å². The second kappa shape index (κ2) is 7.49. The van der Waals surface area contributed by atoms with Crippen molar-refractivity contribution in [2.24, 2.45) is 0 Å². The summed E-state index contributed by atoms with van der Waals surface area (Å²) in [5.74, 6) is 0.110. The Bertz CT molecular complexity index is 888. The van der Waals surface area contributed by atoms with Gasteiger partial charge < -0.3 is 19.9 Å². The van der Waals surface area contributed by atoms with Gasteiger partial charge in [0.05, 0.1) is 6.20 Å². The van der Waals surface area contributed by atoms with Crippen LogP contribution in [0.5, 0.6) is 11.5 Å². The molecule has 2 N–H and O–H groups in total. The van der Waals surface area contributed by atoms with Gasteiger partial charge in [0.25, 0.3) is 0 Å². The van der Waals surface area contributed by atoms with Gasteiger partial charge in [0, 0.05) is 12.0 Å². The number of rotatable bonds is 6. The average molecular weight is 386 g/mol. The largest absolute Gasteiger partial charge is 0.486 e. The van der Waals surface area contributed by atoms with E-state index >= 15 is 0 Å². The number of aromatic carboxylic acids is 1. The number of benzene rings is 1. The summed E-state index contributed by atoms with van der Waals surface area (Å²) in [4.78, 5) is 23.2. The monoisotopic (exact) mass is 386 g/mol. The van der Waals surface area contributed by atoms with Crippen molar-refractivity contribution in [1.29, 1.82) is 0 Å². The molecule has 4 rings (SSSR count). The molecule has 0 unspecified atom stereocenters. The molecule has 0 spiro atoms. The molecule has 9 nitrogen and oxygen atoms in total. The fourth-order valence-corrected chi connectivity index (χ4v) is 3.94. The highest BCUT2D eigenvalue weighted by Crippen LogP contribution is 2.43. The van der Waals surface area contributed by atoms with E-state index in [2.05, 4.69) is 21.7 Å². The minimum absolute atomic E-state index is 0.0719. The summed E-state index contributed by atoms with van der Waals surface area (Å²) < 4.78 is 12.5. The minimum Gasteiger partial charge on any atom is -0.486 e. The molecular formula is C19H22N4O5. The van der Waals surface area contributed by atoms with Crippen LogP contribution in [0.25, 0.3) is 0 Å². The molecule has 2 aromatic rings. The Balaban J connectivity index is 1.44. The van der Waals surface area contributed by atoms with E-state index in [4.69, 9.17) is 14.6 Å². The lowest BCUT2D eigenvalue weighted by molar-refractivity contribution is -0.122. The van der Waals surface area contributed by atoms with Crippen molar-refractivity contribution in [1.82, 2.24) is 20.3 Å². The molecule has 1 aromatic carbocycles. The van der Waals surface area contributed by atoms with Crippen LogP contribution in [0.15, 0.2) is 24.4 Å². The Morgan fingerprint density at radius 1 is 1.18 bits per heavy atom. The lowest BCUT2D eigenvalue weighted by Crippen LogP contribution is -2.40. The van der Waals surface area contributed by atoms with Crippen LogP contribution in [0.4, 0.5) is 0 Å². The van der Waals surface area contributed by atoms with Gasteiger partial charge in [-0.1, -0.05) is 24.1 Å². The number of carbonyl (C=O) groups is 2. The summed E-state index contributed by atoms with van der Waals surface area (Å²) in [6.07, 6.45) is 5.43. The first-order valence-electron chi connectivity index (χ1n) is 9.36. The Labute approximate surface area is 161 Å². The summed E-state index contributed by atoms with van der Waals surface area (Å²) in [7, 11) is 0. The molecule has 2 aliphatic rings. The molecule has 148 valence electrons. The van der Waals surface area contributed by atoms with Gasteiger partial charge in [-0.2, -0.15) is 0 Å². The predicted octanol–water partition coefficient (Wildman–Crippen LogP) is 1.38. The van der Waals surface area contributed by atoms with Gasteiger partial charge in [-0.15, -0.1) is 5.10 Å². The molecule has 1 aliphatic heterocycles. The first kappa shape index (κ1) is 18.3. The van der Waals surface area contributed by atoms with E-state index in [1.807, 2.05) is 12.1 Å². The number of hydrogen-bond acceptors (Lipinski definition) is 6. The van der Waals surface area contributed by atoms with Crippen LogP contribution in [0.2, 0.25) is 0 Å². The summed E-state index contributed by atoms with van der Waals surface area (Å²) in [5.41, 5.74) is 0.819. The van der Waals surface area contributed by atoms with Gasteiger partial charge in [0.15, 0.2) is 17.2 Å². The van der Waals surface area contributed by atoms with Crippen molar-refractivity contribution >= 4 is 11.9 Å². The van der Waals surface area contributed by atoms with Crippen molar-refractivity contribution in [3.63, 3.8) is 0 Å². The lowest BCUT2D eigenvalue weighted by atomic mass is 9.78. The number of fused-ring (bicyclic) bond motifs is 1. The Morgan fingerprint density at radius 3 is 2.64 bits per heavy atom. The Morgan fingerprint density at radius 2 is 1.93 bits per heavy atom. The summed E-state index contributed by atoms with van der Waals surface area (Å²) in [6, 6.07) is 6.03. The molecular weight excluding hydrogens is 364 g/mol. The maximum Gasteiger partial charge on any atom is 0.358 e. The van der Waals surface area contributed by atoms with Crippen LogP contribution >= 0.6 is 0 Å². The molecule has 1 saturated carbocycles. The Hall–Kier alpha value is -3.10. The fourth-order valence-electron chi connectivity index (χ4n) is 3.94. The van der Waals surface area contributed by atoms with E-state index in [1.165, 1.54) is 10.9 Å². The van der Waals surface area contributed by atoms with Crippen molar-refractivity contribution < 1.29 is 24.2 Å². The highest BCUT2D eigenvalue weighted by Gasteiger charge is 2.36. The Kier molecular flexibility index (Phi) is 4.89. The van der Waals surface area contributed by atoms with Gasteiger partial charge in [-0.05, 0) is 30.5 Å². The van der Waals surface area contributed by atoms with Gasteiger partial charge in [0.1, 0.15) is 19.8 Å². The molecule has 9 heteroatoms. The van der Waals surface area contributed by atoms with Gasteiger partial charge in [0.2, 0.25) is 5.91 Å². The van der Waals surface area contributed by atoms with Crippen LogP contribution in [0, 0.1) is 0 Å². The zero-order valence-electron chi connectivity index (χ0n) is 15.4. The molecule has 0 saturated heterocycles. The molecule has 0 radical (unpaired) electrons. The van der Waals surface area contributed by atoms with Crippen LogP contribution in [-0.2, 0) is 16.8 Å². The smallest absolute Gasteiger partial charge is 0.358 e. The summed E-state index contributed by atoms with van der Waals surface area (Å²) in [5, 5.41) is 19.1. The maximum atomic E-state index is 12.4. The second-order valence-corrected chi connectivity index (χ2v) is 7.23. The fraction of sp³-hybridized carbons (Fsp3) is 0.474. The van der Waals surface area contributed by atoms with E-state index in [0.29, 0.717) is 19.8 Å². The van der Waals surface area contributed by atoms with E-state index in [-0.39, 0.29) is 23.6 Å². The first-order valence-corrected chi connectivity index (χ1v) is 9.36. The molecule has 1 aliphatic carbocycles. The molecule has 0 bridgehead atoms. The van der Waals surface area contributed by atoms with Gasteiger partial charge in [-0.25, -0.2) is 9.48 Å². The van der Waals surface area contributed by atoms with Gasteiger partial charge >= 0.3 is 5.97 Å². The van der Waals surface area contributed by atoms with Crippen molar-refractivity contribution in [3.05, 3.63) is 35.7 Å². The van der Waals surface area contributed by atoms with E-state index in [0.717, 1.165) is 42.7 Å². The molecule has 1 amide bonds. The minimum atomic E-state index is -1.17. The van der Waals surface area contributed by atoms with E-state index < -0.39 is 5.97 Å². The quantitative estimate of drug-likeness (QED) is 0.770. The second-order valence-electron chi connectivity index (χ2n) is 7.23. The molecule has 1 fully saturated rings. The number of carboxylic acid groups (broad SMARTS) is 1. The number of nitrogens with one attached hydrogen (secondary N) is 1. The molecule has 28 heavy (non-hydrogen) atoms. The zero-order chi connectivity index (χ0) is 19.6. The van der Waals surface area contributed by atoms with Crippen LogP contribution in [-0.4, -0.2) is 51.7 Å². The number of amides is 1. The highest BCUT2D eigenvalue weighted by atomic mass is 16.6. The van der Waals surface area contributed by atoms with Crippen molar-refractivity contribution in [2.45, 2.75) is 37.6 Å². The number of hydrogen-bond donors (Lipinski definition) is 2.